The number of benzene rings is 1. The van der Waals surface area contributed by atoms with E-state index in [-0.39, 0.29) is 11.3 Å². The van der Waals surface area contributed by atoms with E-state index in [1.807, 2.05) is 0 Å². The highest BCUT2D eigenvalue weighted by molar-refractivity contribution is 6.33. The van der Waals surface area contributed by atoms with Gasteiger partial charge in [0, 0.05) is 11.1 Å². The van der Waals surface area contributed by atoms with Crippen LogP contribution in [0, 0.1) is 6.92 Å². The lowest BCUT2D eigenvalue weighted by Gasteiger charge is -2.19. The molecule has 1 aliphatic rings. The maximum Gasteiger partial charge on any atom is 0.337 e. The fraction of sp³-hybridized carbons (Fsp3) is 0.214. The summed E-state index contributed by atoms with van der Waals surface area (Å²) in [5.74, 6) is -2.08. The van der Waals surface area contributed by atoms with E-state index in [4.69, 9.17) is 0 Å². The Balaban J connectivity index is 2.65. The van der Waals surface area contributed by atoms with E-state index in [1.54, 1.807) is 32.9 Å². The normalized spacial score (nSPS) is 15.4. The molecule has 1 heterocycles. The van der Waals surface area contributed by atoms with Crippen molar-refractivity contribution in [2.45, 2.75) is 20.8 Å². The first-order valence-electron chi connectivity index (χ1n) is 5.75. The molecule has 2 amide bonds. The third-order valence-electron chi connectivity index (χ3n) is 3.30. The standard InChI is InChI=1S/C14H13NO4/c1-7-5-4-6-10(14(18)19)11(7)15-12(16)8(2)9(3)13(15)17/h4-6H,1-3H3,(H,18,19). The van der Waals surface area contributed by atoms with E-state index >= 15 is 0 Å². The van der Waals surface area contributed by atoms with Crippen molar-refractivity contribution in [3.63, 3.8) is 0 Å². The van der Waals surface area contributed by atoms with Gasteiger partial charge in [0.15, 0.2) is 0 Å². The van der Waals surface area contributed by atoms with Gasteiger partial charge in [-0.15, -0.1) is 0 Å². The molecule has 0 atom stereocenters. The number of nitrogens with zero attached hydrogens (tertiary/aromatic N) is 1. The molecule has 98 valence electrons. The smallest absolute Gasteiger partial charge is 0.337 e. The Morgan fingerprint density at radius 1 is 1.05 bits per heavy atom. The van der Waals surface area contributed by atoms with Crippen molar-refractivity contribution in [3.05, 3.63) is 40.5 Å². The number of imide groups is 1. The monoisotopic (exact) mass is 259 g/mol. The van der Waals surface area contributed by atoms with Crippen molar-refractivity contribution in [2.24, 2.45) is 0 Å². The van der Waals surface area contributed by atoms with Crippen molar-refractivity contribution in [2.75, 3.05) is 4.90 Å². The third-order valence-corrected chi connectivity index (χ3v) is 3.30. The molecule has 1 N–H and O–H groups in total. The molecule has 0 spiro atoms. The number of carbonyl (C=O) groups is 3. The summed E-state index contributed by atoms with van der Waals surface area (Å²) in [6.45, 7) is 4.80. The summed E-state index contributed by atoms with van der Waals surface area (Å²) in [5, 5.41) is 9.19. The van der Waals surface area contributed by atoms with Crippen LogP contribution in [0.1, 0.15) is 29.8 Å². The van der Waals surface area contributed by atoms with Gasteiger partial charge in [0.1, 0.15) is 0 Å². The Morgan fingerprint density at radius 2 is 1.58 bits per heavy atom. The quantitative estimate of drug-likeness (QED) is 0.823. The van der Waals surface area contributed by atoms with E-state index in [9.17, 15) is 19.5 Å². The lowest BCUT2D eigenvalue weighted by Crippen LogP contribution is -2.33. The Kier molecular flexibility index (Phi) is 2.98. The number of aryl methyl sites for hydroxylation is 1. The summed E-state index contributed by atoms with van der Waals surface area (Å²) < 4.78 is 0. The maximum atomic E-state index is 12.1. The van der Waals surface area contributed by atoms with E-state index in [0.717, 1.165) is 4.90 Å². The van der Waals surface area contributed by atoms with Crippen LogP contribution in [0.3, 0.4) is 0 Å². The lowest BCUT2D eigenvalue weighted by atomic mass is 10.1. The van der Waals surface area contributed by atoms with Gasteiger partial charge in [-0.25, -0.2) is 9.69 Å². The van der Waals surface area contributed by atoms with Crippen molar-refractivity contribution in [3.8, 4) is 0 Å². The highest BCUT2D eigenvalue weighted by atomic mass is 16.4. The van der Waals surface area contributed by atoms with Crippen LogP contribution < -0.4 is 4.90 Å². The van der Waals surface area contributed by atoms with E-state index in [1.165, 1.54) is 6.07 Å². The first kappa shape index (κ1) is 13.0. The number of hydrogen-bond donors (Lipinski definition) is 1. The molecule has 0 radical (unpaired) electrons. The third kappa shape index (κ3) is 1.83. The molecular weight excluding hydrogens is 246 g/mol. The summed E-state index contributed by atoms with van der Waals surface area (Å²) in [6, 6.07) is 4.64. The first-order valence-corrected chi connectivity index (χ1v) is 5.75. The van der Waals surface area contributed by atoms with E-state index in [2.05, 4.69) is 0 Å². The number of rotatable bonds is 2. The molecule has 2 rings (SSSR count). The predicted molar refractivity (Wildman–Crippen MR) is 69.0 cm³/mol. The number of carboxylic acids is 1. The van der Waals surface area contributed by atoms with Gasteiger partial charge in [-0.05, 0) is 32.4 Å². The molecule has 0 unspecified atom stereocenters. The summed E-state index contributed by atoms with van der Waals surface area (Å²) in [6.07, 6.45) is 0. The number of aromatic carboxylic acids is 1. The lowest BCUT2D eigenvalue weighted by molar-refractivity contribution is -0.120. The van der Waals surface area contributed by atoms with Crippen molar-refractivity contribution < 1.29 is 19.5 Å². The molecule has 0 fully saturated rings. The van der Waals surface area contributed by atoms with Crippen LogP contribution in [0.2, 0.25) is 0 Å². The number of hydrogen-bond acceptors (Lipinski definition) is 3. The van der Waals surface area contributed by atoms with Gasteiger partial charge in [-0.1, -0.05) is 12.1 Å². The average molecular weight is 259 g/mol. The predicted octanol–water partition coefficient (Wildman–Crippen LogP) is 1.90. The van der Waals surface area contributed by atoms with Crippen LogP contribution >= 0.6 is 0 Å². The summed E-state index contributed by atoms with van der Waals surface area (Å²) in [5.41, 5.74) is 1.38. The number of para-hydroxylation sites is 1. The van der Waals surface area contributed by atoms with Gasteiger partial charge in [-0.2, -0.15) is 0 Å². The molecule has 1 aromatic carbocycles. The SMILES string of the molecule is CC1=C(C)C(=O)N(c2c(C)cccc2C(=O)O)C1=O. The molecule has 0 aromatic heterocycles. The van der Waals surface area contributed by atoms with Crippen LogP contribution in [-0.4, -0.2) is 22.9 Å². The first-order chi connectivity index (χ1) is 8.86. The Morgan fingerprint density at radius 3 is 2.05 bits per heavy atom. The Hall–Kier alpha value is -2.43. The van der Waals surface area contributed by atoms with Crippen molar-refractivity contribution in [1.29, 1.82) is 0 Å². The topological polar surface area (TPSA) is 74.7 Å². The largest absolute Gasteiger partial charge is 0.478 e. The fourth-order valence-electron chi connectivity index (χ4n) is 2.08. The van der Waals surface area contributed by atoms with Gasteiger partial charge >= 0.3 is 5.97 Å². The summed E-state index contributed by atoms with van der Waals surface area (Å²) >= 11 is 0. The zero-order valence-electron chi connectivity index (χ0n) is 10.9. The number of carbonyl (C=O) groups excluding carboxylic acids is 2. The van der Waals surface area contributed by atoms with Crippen molar-refractivity contribution in [1.82, 2.24) is 0 Å². The minimum atomic E-state index is -1.17. The van der Waals surface area contributed by atoms with E-state index < -0.39 is 17.8 Å². The van der Waals surface area contributed by atoms with Crippen LogP contribution in [0.4, 0.5) is 5.69 Å². The minimum Gasteiger partial charge on any atom is -0.478 e. The number of carboxylic acid groups (broad SMARTS) is 1. The summed E-state index contributed by atoms with van der Waals surface area (Å²) in [7, 11) is 0. The van der Waals surface area contributed by atoms with Gasteiger partial charge in [0.2, 0.25) is 0 Å². The molecule has 0 bridgehead atoms. The maximum absolute atomic E-state index is 12.1. The number of amides is 2. The molecule has 1 aliphatic heterocycles. The number of anilines is 1. The minimum absolute atomic E-state index is 0.0517. The van der Waals surface area contributed by atoms with Crippen LogP contribution in [0.5, 0.6) is 0 Å². The zero-order chi connectivity index (χ0) is 14.3. The van der Waals surface area contributed by atoms with Crippen LogP contribution in [-0.2, 0) is 9.59 Å². The van der Waals surface area contributed by atoms with Gasteiger partial charge < -0.3 is 5.11 Å². The fourth-order valence-corrected chi connectivity index (χ4v) is 2.08. The highest BCUT2D eigenvalue weighted by Crippen LogP contribution is 2.32. The molecule has 1 aromatic rings. The molecular formula is C14H13NO4. The second-order valence-electron chi connectivity index (χ2n) is 4.47. The second-order valence-corrected chi connectivity index (χ2v) is 4.47. The average Bonchev–Trinajstić information content (AvgIpc) is 2.54. The summed E-state index contributed by atoms with van der Waals surface area (Å²) in [4.78, 5) is 36.4. The van der Waals surface area contributed by atoms with Gasteiger partial charge in [-0.3, -0.25) is 9.59 Å². The van der Waals surface area contributed by atoms with Crippen LogP contribution in [0.15, 0.2) is 29.3 Å². The molecule has 0 saturated carbocycles. The molecule has 5 heteroatoms. The molecule has 19 heavy (non-hydrogen) atoms. The van der Waals surface area contributed by atoms with Crippen LogP contribution in [0.25, 0.3) is 0 Å². The molecule has 0 aliphatic carbocycles. The van der Waals surface area contributed by atoms with E-state index in [0.29, 0.717) is 16.7 Å². The van der Waals surface area contributed by atoms with Crippen molar-refractivity contribution >= 4 is 23.5 Å². The Labute approximate surface area is 110 Å². The molecule has 5 nitrogen and oxygen atoms in total. The zero-order valence-corrected chi connectivity index (χ0v) is 10.9. The Bertz CT molecular complexity index is 619. The highest BCUT2D eigenvalue weighted by Gasteiger charge is 2.37. The molecule has 0 saturated heterocycles. The van der Waals surface area contributed by atoms with Gasteiger partial charge in [0.05, 0.1) is 11.3 Å². The van der Waals surface area contributed by atoms with Gasteiger partial charge in [0.25, 0.3) is 11.8 Å². The second kappa shape index (κ2) is 4.35.